The van der Waals surface area contributed by atoms with E-state index in [2.05, 4.69) is 11.0 Å². The SMILES string of the molecule is C#CC(C)N(CCn1nc2c(c1C(=O)O)CN(C(=O)c1ccc(Cl)c(C#N)c1)[C@H](C)C2)C(=O)OC(C)(C)C. The number of carboxylic acids is 1. The number of carbonyl (C=O) groups is 3. The summed E-state index contributed by atoms with van der Waals surface area (Å²) in [6.07, 6.45) is 5.28. The molecule has 1 N–H and O–H groups in total. The summed E-state index contributed by atoms with van der Waals surface area (Å²) in [5.74, 6) is 0.963. The predicted octanol–water partition coefficient (Wildman–Crippen LogP) is 3.95. The van der Waals surface area contributed by atoms with Crippen LogP contribution in [0.15, 0.2) is 18.2 Å². The Kier molecular flexibility index (Phi) is 8.38. The fraction of sp³-hybridized carbons (Fsp3) is 0.444. The largest absolute Gasteiger partial charge is 0.477 e. The summed E-state index contributed by atoms with van der Waals surface area (Å²) in [6.45, 7) is 8.91. The molecule has 200 valence electrons. The third-order valence-corrected chi connectivity index (χ3v) is 6.50. The minimum atomic E-state index is -1.20. The Hall–Kier alpha value is -4.02. The molecule has 2 heterocycles. The highest BCUT2D eigenvalue weighted by atomic mass is 35.5. The van der Waals surface area contributed by atoms with Crippen molar-refractivity contribution in [3.63, 3.8) is 0 Å². The van der Waals surface area contributed by atoms with Crippen LogP contribution in [0.4, 0.5) is 4.79 Å². The highest BCUT2D eigenvalue weighted by Gasteiger charge is 2.35. The molecule has 2 aromatic rings. The number of rotatable bonds is 6. The van der Waals surface area contributed by atoms with Crippen LogP contribution >= 0.6 is 11.6 Å². The number of fused-ring (bicyclic) bond motifs is 1. The summed E-state index contributed by atoms with van der Waals surface area (Å²) in [6, 6.07) is 5.54. The van der Waals surface area contributed by atoms with Crippen molar-refractivity contribution in [2.24, 2.45) is 0 Å². The van der Waals surface area contributed by atoms with Gasteiger partial charge in [-0.25, -0.2) is 9.59 Å². The van der Waals surface area contributed by atoms with E-state index in [1.807, 2.05) is 13.0 Å². The Morgan fingerprint density at radius 3 is 2.63 bits per heavy atom. The minimum Gasteiger partial charge on any atom is -0.477 e. The molecule has 1 aliphatic heterocycles. The molecule has 1 aliphatic rings. The molecule has 11 heteroatoms. The van der Waals surface area contributed by atoms with E-state index in [1.54, 1.807) is 32.6 Å². The Balaban J connectivity index is 1.89. The van der Waals surface area contributed by atoms with E-state index in [0.717, 1.165) is 0 Å². The monoisotopic (exact) mass is 539 g/mol. The first kappa shape index (κ1) is 28.5. The van der Waals surface area contributed by atoms with Crippen molar-refractivity contribution >= 4 is 29.6 Å². The Labute approximate surface area is 226 Å². The van der Waals surface area contributed by atoms with E-state index >= 15 is 0 Å². The van der Waals surface area contributed by atoms with Crippen molar-refractivity contribution in [3.8, 4) is 18.4 Å². The molecule has 0 saturated carbocycles. The number of ether oxygens (including phenoxy) is 1. The average Bonchev–Trinajstić information content (AvgIpc) is 3.19. The first-order valence-electron chi connectivity index (χ1n) is 12.1. The Morgan fingerprint density at radius 2 is 2.05 bits per heavy atom. The lowest BCUT2D eigenvalue weighted by atomic mass is 9.98. The fourth-order valence-corrected chi connectivity index (χ4v) is 4.39. The lowest BCUT2D eigenvalue weighted by Gasteiger charge is -2.33. The molecule has 0 fully saturated rings. The van der Waals surface area contributed by atoms with Gasteiger partial charge in [-0.15, -0.1) is 6.42 Å². The maximum atomic E-state index is 13.3. The molecule has 1 unspecified atom stereocenters. The zero-order valence-electron chi connectivity index (χ0n) is 22.0. The Morgan fingerprint density at radius 1 is 1.37 bits per heavy atom. The first-order chi connectivity index (χ1) is 17.8. The average molecular weight is 540 g/mol. The second-order valence-electron chi connectivity index (χ2n) is 10.1. The van der Waals surface area contributed by atoms with Gasteiger partial charge in [0.05, 0.1) is 35.4 Å². The summed E-state index contributed by atoms with van der Waals surface area (Å²) in [5.41, 5.74) is 0.662. The van der Waals surface area contributed by atoms with Gasteiger partial charge in [0.2, 0.25) is 0 Å². The van der Waals surface area contributed by atoms with E-state index in [9.17, 15) is 24.8 Å². The molecule has 2 amide bonds. The van der Waals surface area contributed by atoms with Crippen molar-refractivity contribution in [2.45, 2.75) is 71.8 Å². The molecule has 1 aromatic heterocycles. The fourth-order valence-electron chi connectivity index (χ4n) is 4.23. The smallest absolute Gasteiger partial charge is 0.411 e. The third-order valence-electron chi connectivity index (χ3n) is 6.17. The summed E-state index contributed by atoms with van der Waals surface area (Å²) in [7, 11) is 0. The summed E-state index contributed by atoms with van der Waals surface area (Å²) >= 11 is 6.01. The number of aromatic carboxylic acids is 1. The number of hydrogen-bond donors (Lipinski definition) is 1. The molecule has 0 bridgehead atoms. The molecule has 2 atom stereocenters. The first-order valence-corrected chi connectivity index (χ1v) is 12.4. The number of aromatic nitrogens is 2. The molecule has 0 radical (unpaired) electrons. The van der Waals surface area contributed by atoms with E-state index in [-0.39, 0.29) is 53.4 Å². The maximum Gasteiger partial charge on any atom is 0.411 e. The quantitative estimate of drug-likeness (QED) is 0.550. The standard InChI is InChI=1S/C27H30ClN5O5/c1-7-16(2)31(26(37)38-27(4,5)6)10-11-33-23(25(35)36)20-15-32(17(3)12-22(20)30-33)24(34)18-8-9-21(28)19(13-18)14-29/h1,8-9,13,16-17H,10-12,15H2,2-6H3,(H,35,36)/t16?,17-/m1/s1. The van der Waals surface area contributed by atoms with Crippen LogP contribution in [-0.4, -0.2) is 66.9 Å². The number of amides is 2. The number of nitriles is 1. The second kappa shape index (κ2) is 11.2. The van der Waals surface area contributed by atoms with Crippen molar-refractivity contribution < 1.29 is 24.2 Å². The lowest BCUT2D eigenvalue weighted by molar-refractivity contribution is 0.0209. The van der Waals surface area contributed by atoms with E-state index in [4.69, 9.17) is 22.8 Å². The van der Waals surface area contributed by atoms with E-state index in [1.165, 1.54) is 27.8 Å². The van der Waals surface area contributed by atoms with Gasteiger partial charge in [-0.2, -0.15) is 10.4 Å². The number of carbonyl (C=O) groups excluding carboxylic acids is 2. The summed E-state index contributed by atoms with van der Waals surface area (Å²) < 4.78 is 6.80. The van der Waals surface area contributed by atoms with Crippen molar-refractivity contribution in [3.05, 3.63) is 51.3 Å². The normalized spacial score (nSPS) is 15.6. The molecule has 3 rings (SSSR count). The lowest BCUT2D eigenvalue weighted by Crippen LogP contribution is -2.43. The van der Waals surface area contributed by atoms with Crippen LogP contribution in [0, 0.1) is 23.7 Å². The third kappa shape index (κ3) is 6.09. The van der Waals surface area contributed by atoms with Crippen LogP contribution in [0.1, 0.15) is 72.3 Å². The summed E-state index contributed by atoms with van der Waals surface area (Å²) in [4.78, 5) is 41.3. The van der Waals surface area contributed by atoms with Gasteiger partial charge in [-0.3, -0.25) is 14.4 Å². The van der Waals surface area contributed by atoms with Gasteiger partial charge >= 0.3 is 12.1 Å². The molecule has 38 heavy (non-hydrogen) atoms. The number of hydrogen-bond acceptors (Lipinski definition) is 6. The maximum absolute atomic E-state index is 13.3. The topological polar surface area (TPSA) is 129 Å². The van der Waals surface area contributed by atoms with Gasteiger partial charge in [0, 0.05) is 30.1 Å². The Bertz CT molecular complexity index is 1350. The minimum absolute atomic E-state index is 0.0258. The van der Waals surface area contributed by atoms with Gasteiger partial charge in [0.25, 0.3) is 5.91 Å². The molecule has 0 saturated heterocycles. The van der Waals surface area contributed by atoms with Crippen molar-refractivity contribution in [2.75, 3.05) is 6.54 Å². The van der Waals surface area contributed by atoms with Crippen LogP contribution in [-0.2, 0) is 24.2 Å². The van der Waals surface area contributed by atoms with Crippen molar-refractivity contribution in [1.29, 1.82) is 5.26 Å². The zero-order chi connectivity index (χ0) is 28.4. The highest BCUT2D eigenvalue weighted by Crippen LogP contribution is 2.28. The van der Waals surface area contributed by atoms with Gasteiger partial charge < -0.3 is 14.7 Å². The number of halogens is 1. The van der Waals surface area contributed by atoms with Gasteiger partial charge in [-0.05, 0) is 52.8 Å². The predicted molar refractivity (Wildman–Crippen MR) is 140 cm³/mol. The molecule has 0 spiro atoms. The zero-order valence-corrected chi connectivity index (χ0v) is 22.7. The number of carboxylic acid groups (broad SMARTS) is 1. The van der Waals surface area contributed by atoms with Gasteiger partial charge in [0.15, 0.2) is 5.69 Å². The van der Waals surface area contributed by atoms with Gasteiger partial charge in [-0.1, -0.05) is 17.5 Å². The number of terminal acetylenes is 1. The summed E-state index contributed by atoms with van der Waals surface area (Å²) in [5, 5.41) is 24.1. The van der Waals surface area contributed by atoms with E-state index < -0.39 is 23.7 Å². The molecule has 10 nitrogen and oxygen atoms in total. The second-order valence-corrected chi connectivity index (χ2v) is 10.5. The van der Waals surface area contributed by atoms with Crippen LogP contribution in [0.5, 0.6) is 0 Å². The molecular formula is C27H30ClN5O5. The van der Waals surface area contributed by atoms with Crippen LogP contribution in [0.3, 0.4) is 0 Å². The number of nitrogens with zero attached hydrogens (tertiary/aromatic N) is 5. The van der Waals surface area contributed by atoms with Crippen LogP contribution in [0.25, 0.3) is 0 Å². The highest BCUT2D eigenvalue weighted by molar-refractivity contribution is 6.31. The van der Waals surface area contributed by atoms with Gasteiger partial charge in [0.1, 0.15) is 11.7 Å². The number of benzene rings is 1. The molecular weight excluding hydrogens is 510 g/mol. The molecule has 1 aromatic carbocycles. The molecule has 0 aliphatic carbocycles. The van der Waals surface area contributed by atoms with Crippen LogP contribution < -0.4 is 0 Å². The van der Waals surface area contributed by atoms with Crippen LogP contribution in [0.2, 0.25) is 5.02 Å². The van der Waals surface area contributed by atoms with E-state index in [0.29, 0.717) is 17.7 Å². The van der Waals surface area contributed by atoms with Crippen molar-refractivity contribution in [1.82, 2.24) is 19.6 Å².